The first kappa shape index (κ1) is 14.0. The summed E-state index contributed by atoms with van der Waals surface area (Å²) in [6.45, 7) is 4.54. The van der Waals surface area contributed by atoms with Gasteiger partial charge < -0.3 is 9.64 Å². The number of hydrogen-bond donors (Lipinski definition) is 0. The Labute approximate surface area is 116 Å². The molecule has 0 bridgehead atoms. The van der Waals surface area contributed by atoms with Crippen LogP contribution in [0.1, 0.15) is 16.6 Å². The number of piperazine rings is 1. The zero-order valence-electron chi connectivity index (χ0n) is 11.2. The van der Waals surface area contributed by atoms with Crippen LogP contribution in [0.15, 0.2) is 17.5 Å². The van der Waals surface area contributed by atoms with E-state index in [4.69, 9.17) is 4.74 Å². The molecule has 1 fully saturated rings. The molecule has 0 aliphatic carbocycles. The molecule has 0 spiro atoms. The minimum absolute atomic E-state index is 0.0837. The van der Waals surface area contributed by atoms with E-state index >= 15 is 0 Å². The van der Waals surface area contributed by atoms with Crippen molar-refractivity contribution in [2.24, 2.45) is 0 Å². The lowest BCUT2D eigenvalue weighted by atomic mass is 10.2. The third-order valence-corrected chi connectivity index (χ3v) is 4.28. The summed E-state index contributed by atoms with van der Waals surface area (Å²) in [6.07, 6.45) is 0. The minimum atomic E-state index is -0.246. The van der Waals surface area contributed by atoms with Gasteiger partial charge in [-0.05, 0) is 18.4 Å². The molecule has 1 aromatic rings. The third-order valence-electron chi connectivity index (χ3n) is 3.42. The number of amides is 1. The number of carbonyl (C=O) groups excluding carboxylic acids is 2. The van der Waals surface area contributed by atoms with Crippen LogP contribution in [0, 0.1) is 0 Å². The van der Waals surface area contributed by atoms with E-state index < -0.39 is 0 Å². The second-order valence-electron chi connectivity index (χ2n) is 4.50. The van der Waals surface area contributed by atoms with Crippen LogP contribution in [0.25, 0.3) is 0 Å². The van der Waals surface area contributed by atoms with E-state index in [1.54, 1.807) is 0 Å². The lowest BCUT2D eigenvalue weighted by Gasteiger charge is -2.36. The van der Waals surface area contributed by atoms with E-state index in [9.17, 15) is 9.59 Å². The fourth-order valence-electron chi connectivity index (χ4n) is 2.19. The summed E-state index contributed by atoms with van der Waals surface area (Å²) >= 11 is 1.46. The molecule has 19 heavy (non-hydrogen) atoms. The molecule has 2 rings (SSSR count). The molecular formula is C13H18N2O3S. The largest absolute Gasteiger partial charge is 0.468 e. The van der Waals surface area contributed by atoms with Crippen molar-refractivity contribution in [2.45, 2.75) is 13.0 Å². The molecule has 1 aliphatic rings. The Morgan fingerprint density at radius 1 is 1.32 bits per heavy atom. The number of carbonyl (C=O) groups is 2. The van der Waals surface area contributed by atoms with E-state index in [-0.39, 0.29) is 17.9 Å². The van der Waals surface area contributed by atoms with Gasteiger partial charge in [0.2, 0.25) is 0 Å². The van der Waals surface area contributed by atoms with Crippen LogP contribution in [-0.2, 0) is 9.53 Å². The first-order valence-electron chi connectivity index (χ1n) is 6.28. The summed E-state index contributed by atoms with van der Waals surface area (Å²) in [5, 5.41) is 1.91. The zero-order chi connectivity index (χ0) is 13.8. The number of ether oxygens (including phenoxy) is 1. The highest BCUT2D eigenvalue weighted by atomic mass is 32.1. The molecule has 0 saturated carbocycles. The fourth-order valence-corrected chi connectivity index (χ4v) is 2.88. The minimum Gasteiger partial charge on any atom is -0.468 e. The Morgan fingerprint density at radius 2 is 2.00 bits per heavy atom. The number of thiophene rings is 1. The standard InChI is InChI=1S/C13H18N2O3S/c1-10(13(17)18-2)14-5-7-15(8-6-14)12(16)11-4-3-9-19-11/h3-4,9-10H,5-8H2,1-2H3/t10-/m0/s1. The van der Waals surface area contributed by atoms with E-state index in [1.807, 2.05) is 34.2 Å². The van der Waals surface area contributed by atoms with Gasteiger partial charge in [0.05, 0.1) is 12.0 Å². The van der Waals surface area contributed by atoms with Gasteiger partial charge in [0.1, 0.15) is 6.04 Å². The monoisotopic (exact) mass is 282 g/mol. The molecule has 0 unspecified atom stereocenters. The molecule has 0 radical (unpaired) electrons. The summed E-state index contributed by atoms with van der Waals surface area (Å²) in [6, 6.07) is 3.48. The van der Waals surface area contributed by atoms with Gasteiger partial charge >= 0.3 is 5.97 Å². The molecular weight excluding hydrogens is 264 g/mol. The Balaban J connectivity index is 1.89. The van der Waals surface area contributed by atoms with Gasteiger partial charge in [-0.25, -0.2) is 0 Å². The van der Waals surface area contributed by atoms with E-state index in [2.05, 4.69) is 0 Å². The molecule has 5 nitrogen and oxygen atoms in total. The highest BCUT2D eigenvalue weighted by Gasteiger charge is 2.28. The van der Waals surface area contributed by atoms with E-state index in [1.165, 1.54) is 18.4 Å². The van der Waals surface area contributed by atoms with Gasteiger partial charge in [-0.3, -0.25) is 14.5 Å². The zero-order valence-corrected chi connectivity index (χ0v) is 12.0. The van der Waals surface area contributed by atoms with Crippen LogP contribution in [0.3, 0.4) is 0 Å². The quantitative estimate of drug-likeness (QED) is 0.778. The van der Waals surface area contributed by atoms with Crippen molar-refractivity contribution >= 4 is 23.2 Å². The van der Waals surface area contributed by atoms with Crippen molar-refractivity contribution in [1.29, 1.82) is 0 Å². The lowest BCUT2D eigenvalue weighted by Crippen LogP contribution is -2.53. The fraction of sp³-hybridized carbons (Fsp3) is 0.538. The van der Waals surface area contributed by atoms with Crippen LogP contribution in [0.2, 0.25) is 0 Å². The number of esters is 1. The maximum Gasteiger partial charge on any atom is 0.322 e. The second kappa shape index (κ2) is 6.16. The maximum atomic E-state index is 12.2. The third kappa shape index (κ3) is 3.13. The van der Waals surface area contributed by atoms with Gasteiger partial charge in [0.25, 0.3) is 5.91 Å². The van der Waals surface area contributed by atoms with E-state index in [0.29, 0.717) is 26.2 Å². The van der Waals surface area contributed by atoms with Crippen molar-refractivity contribution in [3.05, 3.63) is 22.4 Å². The van der Waals surface area contributed by atoms with Crippen molar-refractivity contribution in [3.63, 3.8) is 0 Å². The first-order chi connectivity index (χ1) is 9.13. The summed E-state index contributed by atoms with van der Waals surface area (Å²) in [7, 11) is 1.40. The highest BCUT2D eigenvalue weighted by molar-refractivity contribution is 7.12. The van der Waals surface area contributed by atoms with Gasteiger partial charge in [0.15, 0.2) is 0 Å². The SMILES string of the molecule is COC(=O)[C@H](C)N1CCN(C(=O)c2cccs2)CC1. The van der Waals surface area contributed by atoms with Crippen LogP contribution < -0.4 is 0 Å². The molecule has 6 heteroatoms. The smallest absolute Gasteiger partial charge is 0.322 e. The van der Waals surface area contributed by atoms with Gasteiger partial charge in [-0.2, -0.15) is 0 Å². The maximum absolute atomic E-state index is 12.2. The highest BCUT2D eigenvalue weighted by Crippen LogP contribution is 2.15. The van der Waals surface area contributed by atoms with Crippen molar-refractivity contribution < 1.29 is 14.3 Å². The first-order valence-corrected chi connectivity index (χ1v) is 7.16. The Kier molecular flexibility index (Phi) is 4.55. The van der Waals surface area contributed by atoms with Gasteiger partial charge in [-0.15, -0.1) is 11.3 Å². The van der Waals surface area contributed by atoms with Crippen molar-refractivity contribution in [1.82, 2.24) is 9.80 Å². The van der Waals surface area contributed by atoms with E-state index in [0.717, 1.165) is 4.88 Å². The van der Waals surface area contributed by atoms with Crippen LogP contribution in [0.5, 0.6) is 0 Å². The second-order valence-corrected chi connectivity index (χ2v) is 5.45. The Morgan fingerprint density at radius 3 is 2.53 bits per heavy atom. The summed E-state index contributed by atoms with van der Waals surface area (Å²) in [5.74, 6) is -0.140. The van der Waals surface area contributed by atoms with Crippen LogP contribution in [-0.4, -0.2) is 61.0 Å². The molecule has 0 N–H and O–H groups in total. The average molecular weight is 282 g/mol. The van der Waals surface area contributed by atoms with Gasteiger partial charge in [0, 0.05) is 26.2 Å². The number of methoxy groups -OCH3 is 1. The topological polar surface area (TPSA) is 49.9 Å². The molecule has 1 amide bonds. The Hall–Kier alpha value is -1.40. The number of rotatable bonds is 3. The number of nitrogens with zero attached hydrogens (tertiary/aromatic N) is 2. The summed E-state index contributed by atoms with van der Waals surface area (Å²) < 4.78 is 4.74. The van der Waals surface area contributed by atoms with Crippen molar-refractivity contribution in [3.8, 4) is 0 Å². The lowest BCUT2D eigenvalue weighted by molar-refractivity contribution is -0.146. The molecule has 1 saturated heterocycles. The molecule has 1 aliphatic heterocycles. The average Bonchev–Trinajstić information content (AvgIpc) is 2.99. The molecule has 1 atom stereocenters. The predicted octanol–water partition coefficient (Wildman–Crippen LogP) is 1.07. The summed E-state index contributed by atoms with van der Waals surface area (Å²) in [4.78, 5) is 28.3. The van der Waals surface area contributed by atoms with Crippen LogP contribution in [0.4, 0.5) is 0 Å². The molecule has 1 aromatic heterocycles. The molecule has 104 valence electrons. The normalized spacial score (nSPS) is 18.1. The Bertz CT molecular complexity index is 439. The van der Waals surface area contributed by atoms with Crippen LogP contribution >= 0.6 is 11.3 Å². The predicted molar refractivity (Wildman–Crippen MR) is 73.3 cm³/mol. The number of hydrogen-bond acceptors (Lipinski definition) is 5. The molecule has 2 heterocycles. The summed E-state index contributed by atoms with van der Waals surface area (Å²) in [5.41, 5.74) is 0. The van der Waals surface area contributed by atoms with Crippen molar-refractivity contribution in [2.75, 3.05) is 33.3 Å². The molecule has 0 aromatic carbocycles. The van der Waals surface area contributed by atoms with Gasteiger partial charge in [-0.1, -0.05) is 6.07 Å².